The Kier molecular flexibility index (Phi) is 7.43. The van der Waals surface area contributed by atoms with Crippen LogP contribution in [-0.4, -0.2) is 48.9 Å². The molecule has 0 radical (unpaired) electrons. The number of carbonyl (C=O) groups excluding carboxylic acids is 3. The maximum absolute atomic E-state index is 12.8. The van der Waals surface area contributed by atoms with Crippen molar-refractivity contribution in [2.45, 2.75) is 38.6 Å². The number of hydrogen-bond acceptors (Lipinski definition) is 4. The highest BCUT2D eigenvalue weighted by Crippen LogP contribution is 2.28. The first-order valence-electron chi connectivity index (χ1n) is 9.59. The Morgan fingerprint density at radius 1 is 1.29 bits per heavy atom. The molecule has 2 atom stereocenters. The van der Waals surface area contributed by atoms with Gasteiger partial charge in [-0.05, 0) is 57.7 Å². The van der Waals surface area contributed by atoms with Crippen molar-refractivity contribution < 1.29 is 14.4 Å². The van der Waals surface area contributed by atoms with Gasteiger partial charge < -0.3 is 16.0 Å². The minimum absolute atomic E-state index is 0. The van der Waals surface area contributed by atoms with Crippen LogP contribution in [-0.2, 0) is 15.1 Å². The summed E-state index contributed by atoms with van der Waals surface area (Å²) in [5, 5.41) is 8.91. The number of carbonyl (C=O) groups is 3. The summed E-state index contributed by atoms with van der Waals surface area (Å²) < 4.78 is 0. The van der Waals surface area contributed by atoms with Crippen LogP contribution in [0.3, 0.4) is 0 Å². The first-order chi connectivity index (χ1) is 12.9. The summed E-state index contributed by atoms with van der Waals surface area (Å²) in [4.78, 5) is 38.4. The zero-order chi connectivity index (χ0) is 19.4. The second kappa shape index (κ2) is 9.39. The molecular weight excluding hydrogens is 380 g/mol. The summed E-state index contributed by atoms with van der Waals surface area (Å²) in [5.74, 6) is -0.140. The normalized spacial score (nSPS) is 24.5. The van der Waals surface area contributed by atoms with Gasteiger partial charge in [0.1, 0.15) is 12.1 Å². The lowest BCUT2D eigenvalue weighted by Gasteiger charge is -2.23. The monoisotopic (exact) mass is 408 g/mol. The van der Waals surface area contributed by atoms with Gasteiger partial charge in [0, 0.05) is 6.54 Å². The average Bonchev–Trinajstić information content (AvgIpc) is 2.87. The molecule has 7 nitrogen and oxygen atoms in total. The fourth-order valence-corrected chi connectivity index (χ4v) is 3.71. The van der Waals surface area contributed by atoms with E-state index in [2.05, 4.69) is 16.0 Å². The number of aryl methyl sites for hydroxylation is 1. The molecule has 3 rings (SSSR count). The Bertz CT molecular complexity index is 719. The van der Waals surface area contributed by atoms with Crippen molar-refractivity contribution in [3.05, 3.63) is 35.4 Å². The second-order valence-electron chi connectivity index (χ2n) is 7.66. The molecule has 0 aliphatic carbocycles. The molecule has 0 spiro atoms. The van der Waals surface area contributed by atoms with Crippen molar-refractivity contribution in [2.75, 3.05) is 26.2 Å². The van der Waals surface area contributed by atoms with Crippen molar-refractivity contribution in [3.8, 4) is 0 Å². The highest BCUT2D eigenvalue weighted by atomic mass is 35.5. The van der Waals surface area contributed by atoms with E-state index in [1.165, 1.54) is 12.8 Å². The van der Waals surface area contributed by atoms with Gasteiger partial charge in [0.05, 0.1) is 0 Å². The largest absolute Gasteiger partial charge is 0.355 e. The van der Waals surface area contributed by atoms with E-state index in [0.29, 0.717) is 18.0 Å². The third kappa shape index (κ3) is 4.83. The van der Waals surface area contributed by atoms with Gasteiger partial charge in [0.2, 0.25) is 5.91 Å². The maximum Gasteiger partial charge on any atom is 0.325 e. The molecule has 4 amide bonds. The van der Waals surface area contributed by atoms with E-state index in [9.17, 15) is 14.4 Å². The van der Waals surface area contributed by atoms with E-state index in [1.54, 1.807) is 6.92 Å². The highest BCUT2D eigenvalue weighted by Gasteiger charge is 2.49. The molecule has 2 aliphatic heterocycles. The van der Waals surface area contributed by atoms with E-state index < -0.39 is 17.5 Å². The van der Waals surface area contributed by atoms with Gasteiger partial charge in [-0.1, -0.05) is 29.8 Å². The molecule has 0 saturated carbocycles. The third-order valence-electron chi connectivity index (χ3n) is 5.48. The van der Waals surface area contributed by atoms with E-state index >= 15 is 0 Å². The van der Waals surface area contributed by atoms with Gasteiger partial charge in [-0.15, -0.1) is 12.4 Å². The van der Waals surface area contributed by atoms with E-state index in [1.807, 2.05) is 31.2 Å². The summed E-state index contributed by atoms with van der Waals surface area (Å²) in [5.41, 5.74) is 0.640. The van der Waals surface area contributed by atoms with E-state index in [4.69, 9.17) is 0 Å². The zero-order valence-corrected chi connectivity index (χ0v) is 17.2. The molecule has 8 heteroatoms. The molecule has 1 aromatic carbocycles. The van der Waals surface area contributed by atoms with Crippen LogP contribution < -0.4 is 16.0 Å². The topological polar surface area (TPSA) is 90.5 Å². The lowest BCUT2D eigenvalue weighted by atomic mass is 9.91. The van der Waals surface area contributed by atoms with E-state index in [-0.39, 0.29) is 24.9 Å². The lowest BCUT2D eigenvalue weighted by Crippen LogP contribution is -2.43. The Labute approximate surface area is 172 Å². The first kappa shape index (κ1) is 22.2. The Morgan fingerprint density at radius 3 is 2.64 bits per heavy atom. The average molecular weight is 409 g/mol. The number of piperidine rings is 1. The molecule has 154 valence electrons. The minimum atomic E-state index is -1.14. The van der Waals surface area contributed by atoms with Crippen LogP contribution >= 0.6 is 12.4 Å². The summed E-state index contributed by atoms with van der Waals surface area (Å²) in [7, 11) is 0. The van der Waals surface area contributed by atoms with Crippen LogP contribution in [0.2, 0.25) is 0 Å². The number of amides is 4. The molecule has 2 unspecified atom stereocenters. The van der Waals surface area contributed by atoms with Crippen molar-refractivity contribution in [2.24, 2.45) is 5.92 Å². The summed E-state index contributed by atoms with van der Waals surface area (Å²) in [6.07, 6.45) is 3.24. The number of halogens is 1. The van der Waals surface area contributed by atoms with Gasteiger partial charge in [-0.2, -0.15) is 0 Å². The Balaban J connectivity index is 0.00000280. The molecule has 0 bridgehead atoms. The molecule has 2 saturated heterocycles. The zero-order valence-electron chi connectivity index (χ0n) is 16.4. The fraction of sp³-hybridized carbons (Fsp3) is 0.550. The quantitative estimate of drug-likeness (QED) is 0.625. The Hall–Kier alpha value is -2.12. The van der Waals surface area contributed by atoms with Crippen molar-refractivity contribution in [3.63, 3.8) is 0 Å². The summed E-state index contributed by atoms with van der Waals surface area (Å²) >= 11 is 0. The fourth-order valence-electron chi connectivity index (χ4n) is 3.71. The van der Waals surface area contributed by atoms with E-state index in [0.717, 1.165) is 30.0 Å². The van der Waals surface area contributed by atoms with Crippen LogP contribution in [0.4, 0.5) is 4.79 Å². The molecule has 28 heavy (non-hydrogen) atoms. The van der Waals surface area contributed by atoms with Gasteiger partial charge in [-0.25, -0.2) is 4.79 Å². The van der Waals surface area contributed by atoms with Crippen molar-refractivity contribution >= 4 is 30.3 Å². The number of nitrogens with zero attached hydrogens (tertiary/aromatic N) is 1. The number of nitrogens with one attached hydrogen (secondary N) is 3. The molecule has 2 fully saturated rings. The SMILES string of the molecule is Cc1ccc(C2(C)NC(=O)N(CC(=O)NCCC3CCCNC3)C2=O)cc1.Cl. The highest BCUT2D eigenvalue weighted by molar-refractivity contribution is 6.09. The second-order valence-corrected chi connectivity index (χ2v) is 7.66. The number of benzene rings is 1. The molecular formula is C20H29ClN4O3. The van der Waals surface area contributed by atoms with Crippen molar-refractivity contribution in [1.29, 1.82) is 0 Å². The molecule has 3 N–H and O–H groups in total. The standard InChI is InChI=1S/C20H28N4O3.ClH/c1-14-5-7-16(8-6-14)20(2)18(26)24(19(27)23-20)13-17(25)22-11-9-15-4-3-10-21-12-15;/h5-8,15,21H,3-4,9-13H2,1-2H3,(H,22,25)(H,23,27);1H. The number of imide groups is 1. The van der Waals surface area contributed by atoms with Gasteiger partial charge in [0.25, 0.3) is 5.91 Å². The molecule has 2 heterocycles. The predicted molar refractivity (Wildman–Crippen MR) is 109 cm³/mol. The van der Waals surface area contributed by atoms with Crippen molar-refractivity contribution in [1.82, 2.24) is 20.9 Å². The first-order valence-corrected chi connectivity index (χ1v) is 9.59. The minimum Gasteiger partial charge on any atom is -0.355 e. The van der Waals surface area contributed by atoms with Crippen LogP contribution in [0, 0.1) is 12.8 Å². The molecule has 0 aromatic heterocycles. The number of rotatable bonds is 6. The van der Waals surface area contributed by atoms with Gasteiger partial charge >= 0.3 is 6.03 Å². The smallest absolute Gasteiger partial charge is 0.325 e. The van der Waals surface area contributed by atoms with Crippen LogP contribution in [0.15, 0.2) is 24.3 Å². The molecule has 1 aromatic rings. The Morgan fingerprint density at radius 2 is 2.00 bits per heavy atom. The van der Waals surface area contributed by atoms with Crippen LogP contribution in [0.5, 0.6) is 0 Å². The summed E-state index contributed by atoms with van der Waals surface area (Å²) in [6, 6.07) is 6.92. The van der Waals surface area contributed by atoms with Crippen LogP contribution in [0.25, 0.3) is 0 Å². The lowest BCUT2D eigenvalue weighted by molar-refractivity contribution is -0.134. The third-order valence-corrected chi connectivity index (χ3v) is 5.48. The number of hydrogen-bond donors (Lipinski definition) is 3. The summed E-state index contributed by atoms with van der Waals surface area (Å²) in [6.45, 7) is 5.98. The van der Waals surface area contributed by atoms with Gasteiger partial charge in [0.15, 0.2) is 0 Å². The number of urea groups is 1. The predicted octanol–water partition coefficient (Wildman–Crippen LogP) is 1.69. The van der Waals surface area contributed by atoms with Crippen LogP contribution in [0.1, 0.15) is 37.3 Å². The maximum atomic E-state index is 12.8. The van der Waals surface area contributed by atoms with Gasteiger partial charge in [-0.3, -0.25) is 14.5 Å². The molecule has 2 aliphatic rings.